The molecular weight excluding hydrogens is 308 g/mol. The third kappa shape index (κ3) is 6.12. The summed E-state index contributed by atoms with van der Waals surface area (Å²) in [5, 5.41) is 15.3. The molecule has 0 fully saturated rings. The summed E-state index contributed by atoms with van der Waals surface area (Å²) >= 11 is 1.65. The molecule has 4 nitrogen and oxygen atoms in total. The molecule has 1 atom stereocenters. The Hall–Kier alpha value is -1.72. The summed E-state index contributed by atoms with van der Waals surface area (Å²) in [5.41, 5.74) is 2.43. The molecule has 0 radical (unpaired) electrons. The molecule has 5 heteroatoms. The van der Waals surface area contributed by atoms with Crippen molar-refractivity contribution in [1.82, 2.24) is 10.3 Å². The molecule has 124 valence electrons. The van der Waals surface area contributed by atoms with Crippen LogP contribution in [0.4, 0.5) is 0 Å². The van der Waals surface area contributed by atoms with Crippen LogP contribution in [0, 0.1) is 5.92 Å². The molecule has 0 bridgehead atoms. The molecule has 0 saturated heterocycles. The number of hydrogen-bond donors (Lipinski definition) is 2. The van der Waals surface area contributed by atoms with Crippen LogP contribution in [0.15, 0.2) is 35.8 Å². The van der Waals surface area contributed by atoms with Gasteiger partial charge in [-0.15, -0.1) is 11.3 Å². The quantitative estimate of drug-likeness (QED) is 0.641. The van der Waals surface area contributed by atoms with Gasteiger partial charge in [-0.2, -0.15) is 0 Å². The van der Waals surface area contributed by atoms with Crippen LogP contribution in [-0.4, -0.2) is 22.6 Å². The second kappa shape index (κ2) is 9.43. The third-order valence-electron chi connectivity index (χ3n) is 3.87. The first-order valence-electron chi connectivity index (χ1n) is 8.09. The lowest BCUT2D eigenvalue weighted by Crippen LogP contribution is -2.15. The van der Waals surface area contributed by atoms with Crippen molar-refractivity contribution in [2.75, 3.05) is 6.54 Å². The van der Waals surface area contributed by atoms with Crippen molar-refractivity contribution in [3.05, 3.63) is 41.4 Å². The molecule has 2 N–H and O–H groups in total. The molecule has 23 heavy (non-hydrogen) atoms. The van der Waals surface area contributed by atoms with E-state index in [1.165, 1.54) is 5.56 Å². The summed E-state index contributed by atoms with van der Waals surface area (Å²) in [7, 11) is 0. The van der Waals surface area contributed by atoms with Gasteiger partial charge in [-0.3, -0.25) is 4.79 Å². The monoisotopic (exact) mass is 332 g/mol. The van der Waals surface area contributed by atoms with Gasteiger partial charge in [0.05, 0.1) is 5.92 Å². The first-order valence-corrected chi connectivity index (χ1v) is 8.97. The highest BCUT2D eigenvalue weighted by atomic mass is 32.1. The van der Waals surface area contributed by atoms with E-state index in [2.05, 4.69) is 34.6 Å². The van der Waals surface area contributed by atoms with Crippen LogP contribution in [-0.2, 0) is 11.3 Å². The van der Waals surface area contributed by atoms with Crippen LogP contribution in [0.1, 0.15) is 38.2 Å². The van der Waals surface area contributed by atoms with Crippen LogP contribution in [0.2, 0.25) is 0 Å². The molecular formula is C18H24N2O2S. The van der Waals surface area contributed by atoms with E-state index in [-0.39, 0.29) is 5.92 Å². The van der Waals surface area contributed by atoms with E-state index < -0.39 is 5.97 Å². The average Bonchev–Trinajstić information content (AvgIpc) is 3.08. The normalized spacial score (nSPS) is 12.2. The molecule has 1 unspecified atom stereocenters. The number of aliphatic carboxylic acids is 1. The van der Waals surface area contributed by atoms with Gasteiger partial charge >= 0.3 is 5.97 Å². The average molecular weight is 332 g/mol. The highest BCUT2D eigenvalue weighted by Crippen LogP contribution is 2.21. The fourth-order valence-corrected chi connectivity index (χ4v) is 3.01. The molecule has 0 spiro atoms. The summed E-state index contributed by atoms with van der Waals surface area (Å²) in [6, 6.07) is 8.50. The van der Waals surface area contributed by atoms with Crippen molar-refractivity contribution < 1.29 is 9.90 Å². The fraction of sp³-hybridized carbons (Fsp3) is 0.444. The zero-order valence-corrected chi connectivity index (χ0v) is 14.3. The Bertz CT molecular complexity index is 582. The predicted molar refractivity (Wildman–Crippen MR) is 94.5 cm³/mol. The van der Waals surface area contributed by atoms with Crippen molar-refractivity contribution in [1.29, 1.82) is 0 Å². The first-order chi connectivity index (χ1) is 11.2. The Morgan fingerprint density at radius 2 is 2.04 bits per heavy atom. The second-order valence-corrected chi connectivity index (χ2v) is 6.69. The molecule has 1 heterocycles. The van der Waals surface area contributed by atoms with Gasteiger partial charge in [0.2, 0.25) is 0 Å². The number of thiazole rings is 1. The fourth-order valence-electron chi connectivity index (χ4n) is 2.36. The number of carboxylic acid groups (broad SMARTS) is 1. The number of benzene rings is 1. The van der Waals surface area contributed by atoms with Crippen LogP contribution >= 0.6 is 11.3 Å². The van der Waals surface area contributed by atoms with E-state index in [0.717, 1.165) is 49.3 Å². The molecule has 0 saturated carbocycles. The Morgan fingerprint density at radius 3 is 2.70 bits per heavy atom. The lowest BCUT2D eigenvalue weighted by Gasteiger charge is -2.07. The van der Waals surface area contributed by atoms with Crippen LogP contribution in [0.5, 0.6) is 0 Å². The van der Waals surface area contributed by atoms with E-state index in [1.54, 1.807) is 18.3 Å². The summed E-state index contributed by atoms with van der Waals surface area (Å²) < 4.78 is 0. The maximum Gasteiger partial charge on any atom is 0.306 e. The van der Waals surface area contributed by atoms with E-state index in [4.69, 9.17) is 5.11 Å². The standard InChI is InChI=1S/C18H24N2O2S/c1-14(18(21)22)5-3-2-4-10-19-13-15-6-8-16(9-7-15)17-20-11-12-23-17/h6-9,11-12,14,19H,2-5,10,13H2,1H3,(H,21,22). The van der Waals surface area contributed by atoms with E-state index in [9.17, 15) is 4.79 Å². The number of aromatic nitrogens is 1. The Labute approximate surface area is 141 Å². The van der Waals surface area contributed by atoms with Crippen molar-refractivity contribution in [3.63, 3.8) is 0 Å². The van der Waals surface area contributed by atoms with Gasteiger partial charge in [0.1, 0.15) is 5.01 Å². The molecule has 0 aliphatic heterocycles. The Balaban J connectivity index is 1.59. The number of nitrogens with one attached hydrogen (secondary N) is 1. The summed E-state index contributed by atoms with van der Waals surface area (Å²) in [6.45, 7) is 3.61. The summed E-state index contributed by atoms with van der Waals surface area (Å²) in [6.07, 6.45) is 5.75. The van der Waals surface area contributed by atoms with Crippen LogP contribution in [0.3, 0.4) is 0 Å². The van der Waals surface area contributed by atoms with Crippen molar-refractivity contribution in [2.45, 2.75) is 39.2 Å². The van der Waals surface area contributed by atoms with Gasteiger partial charge in [-0.25, -0.2) is 4.98 Å². The van der Waals surface area contributed by atoms with Crippen LogP contribution in [0.25, 0.3) is 10.6 Å². The van der Waals surface area contributed by atoms with Crippen molar-refractivity contribution in [3.8, 4) is 10.6 Å². The number of carbonyl (C=O) groups is 1. The zero-order chi connectivity index (χ0) is 16.5. The number of carboxylic acids is 1. The maximum absolute atomic E-state index is 10.7. The predicted octanol–water partition coefficient (Wildman–Crippen LogP) is 4.18. The molecule has 0 amide bonds. The van der Waals surface area contributed by atoms with Gasteiger partial charge in [-0.05, 0) is 24.9 Å². The topological polar surface area (TPSA) is 62.2 Å². The second-order valence-electron chi connectivity index (χ2n) is 5.80. The molecule has 0 aliphatic carbocycles. The highest BCUT2D eigenvalue weighted by molar-refractivity contribution is 7.13. The maximum atomic E-state index is 10.7. The smallest absolute Gasteiger partial charge is 0.306 e. The lowest BCUT2D eigenvalue weighted by molar-refractivity contribution is -0.141. The largest absolute Gasteiger partial charge is 0.481 e. The minimum atomic E-state index is -0.690. The Morgan fingerprint density at radius 1 is 1.26 bits per heavy atom. The lowest BCUT2D eigenvalue weighted by atomic mass is 10.0. The van der Waals surface area contributed by atoms with Gasteiger partial charge in [0, 0.05) is 23.7 Å². The minimum Gasteiger partial charge on any atom is -0.481 e. The molecule has 1 aromatic heterocycles. The summed E-state index contributed by atoms with van der Waals surface area (Å²) in [4.78, 5) is 15.0. The molecule has 2 aromatic rings. The number of hydrogen-bond acceptors (Lipinski definition) is 4. The van der Waals surface area contributed by atoms with Gasteiger partial charge in [0.15, 0.2) is 0 Å². The first kappa shape index (κ1) is 17.6. The molecule has 0 aliphatic rings. The number of nitrogens with zero attached hydrogens (tertiary/aromatic N) is 1. The van der Waals surface area contributed by atoms with Gasteiger partial charge < -0.3 is 10.4 Å². The third-order valence-corrected chi connectivity index (χ3v) is 4.70. The van der Waals surface area contributed by atoms with E-state index in [1.807, 2.05) is 11.6 Å². The van der Waals surface area contributed by atoms with Gasteiger partial charge in [0.25, 0.3) is 0 Å². The minimum absolute atomic E-state index is 0.223. The summed E-state index contributed by atoms with van der Waals surface area (Å²) in [5.74, 6) is -0.913. The molecule has 1 aromatic carbocycles. The number of unbranched alkanes of at least 4 members (excludes halogenated alkanes) is 2. The highest BCUT2D eigenvalue weighted by Gasteiger charge is 2.09. The van der Waals surface area contributed by atoms with Crippen LogP contribution < -0.4 is 5.32 Å². The SMILES string of the molecule is CC(CCCCCNCc1ccc(-c2nccs2)cc1)C(=O)O. The number of rotatable bonds is 10. The van der Waals surface area contributed by atoms with E-state index >= 15 is 0 Å². The molecule has 2 rings (SSSR count). The zero-order valence-electron chi connectivity index (χ0n) is 13.5. The van der Waals surface area contributed by atoms with E-state index in [0.29, 0.717) is 0 Å². The Kier molecular flexibility index (Phi) is 7.23. The van der Waals surface area contributed by atoms with Crippen molar-refractivity contribution >= 4 is 17.3 Å². The van der Waals surface area contributed by atoms with Gasteiger partial charge in [-0.1, -0.05) is 44.0 Å². The van der Waals surface area contributed by atoms with Crippen molar-refractivity contribution in [2.24, 2.45) is 5.92 Å².